The zero-order valence-electron chi connectivity index (χ0n) is 14.4. The number of piperidine rings is 1. The number of ether oxygens (including phenoxy) is 1. The summed E-state index contributed by atoms with van der Waals surface area (Å²) in [5, 5.41) is 9.23. The fourth-order valence-electron chi connectivity index (χ4n) is 2.96. The van der Waals surface area contributed by atoms with Crippen LogP contribution in [0.25, 0.3) is 0 Å². The maximum Gasteiger partial charge on any atom is 0.254 e. The van der Waals surface area contributed by atoms with E-state index < -0.39 is 11.7 Å². The number of methoxy groups -OCH3 is 1. The molecular weight excluding hydrogens is 309 g/mol. The molecule has 24 heavy (non-hydrogen) atoms. The Labute approximate surface area is 143 Å². The second kappa shape index (κ2) is 10.3. The van der Waals surface area contributed by atoms with Crippen LogP contribution in [-0.2, 0) is 4.74 Å². The zero-order chi connectivity index (χ0) is 17.2. The Balaban J connectivity index is 1.73. The van der Waals surface area contributed by atoms with Crippen LogP contribution in [0.4, 0.5) is 10.1 Å². The molecule has 6 heteroatoms. The fraction of sp³-hybridized carbons (Fsp3) is 0.611. The van der Waals surface area contributed by atoms with Gasteiger partial charge < -0.3 is 20.7 Å². The summed E-state index contributed by atoms with van der Waals surface area (Å²) >= 11 is 0. The van der Waals surface area contributed by atoms with E-state index in [2.05, 4.69) is 16.0 Å². The predicted octanol–water partition coefficient (Wildman–Crippen LogP) is 2.39. The number of nitrogens with one attached hydrogen (secondary N) is 3. The highest BCUT2D eigenvalue weighted by atomic mass is 19.1. The highest BCUT2D eigenvalue weighted by molar-refractivity contribution is 5.94. The molecule has 0 aliphatic carbocycles. The van der Waals surface area contributed by atoms with Crippen molar-refractivity contribution >= 4 is 11.6 Å². The van der Waals surface area contributed by atoms with Crippen LogP contribution in [0.1, 0.15) is 36.0 Å². The molecular formula is C18H28FN3O2. The van der Waals surface area contributed by atoms with Crippen molar-refractivity contribution in [2.24, 2.45) is 5.92 Å². The second-order valence-electron chi connectivity index (χ2n) is 6.21. The maximum absolute atomic E-state index is 14.1. The normalized spacial score (nSPS) is 15.2. The second-order valence-corrected chi connectivity index (χ2v) is 6.21. The van der Waals surface area contributed by atoms with E-state index >= 15 is 0 Å². The number of hydrogen-bond acceptors (Lipinski definition) is 4. The van der Waals surface area contributed by atoms with Gasteiger partial charge in [-0.25, -0.2) is 4.39 Å². The van der Waals surface area contributed by atoms with E-state index in [1.165, 1.54) is 31.4 Å². The highest BCUT2D eigenvalue weighted by Crippen LogP contribution is 2.18. The molecule has 2 rings (SSSR count). The molecule has 1 aromatic rings. The monoisotopic (exact) mass is 337 g/mol. The van der Waals surface area contributed by atoms with Gasteiger partial charge in [0.1, 0.15) is 5.82 Å². The summed E-state index contributed by atoms with van der Waals surface area (Å²) in [6, 6.07) is 4.65. The Bertz CT molecular complexity index is 519. The first-order valence-corrected chi connectivity index (χ1v) is 8.72. The van der Waals surface area contributed by atoms with Gasteiger partial charge in [0.25, 0.3) is 5.91 Å². The van der Waals surface area contributed by atoms with Crippen molar-refractivity contribution < 1.29 is 13.9 Å². The molecule has 1 aliphatic rings. The van der Waals surface area contributed by atoms with Gasteiger partial charge in [-0.1, -0.05) is 0 Å². The van der Waals surface area contributed by atoms with Crippen LogP contribution in [0.15, 0.2) is 18.2 Å². The van der Waals surface area contributed by atoms with Crippen LogP contribution in [-0.4, -0.2) is 45.8 Å². The quantitative estimate of drug-likeness (QED) is 0.606. The van der Waals surface area contributed by atoms with Gasteiger partial charge in [-0.05, 0) is 62.9 Å². The minimum absolute atomic E-state index is 0.0614. The molecule has 0 saturated carbocycles. The lowest BCUT2D eigenvalue weighted by Gasteiger charge is -2.22. The summed E-state index contributed by atoms with van der Waals surface area (Å²) in [6.45, 7) is 3.84. The third kappa shape index (κ3) is 6.09. The van der Waals surface area contributed by atoms with Crippen LogP contribution < -0.4 is 16.0 Å². The molecule has 0 unspecified atom stereocenters. The summed E-state index contributed by atoms with van der Waals surface area (Å²) in [5.74, 6) is -0.113. The first kappa shape index (κ1) is 18.7. The van der Waals surface area contributed by atoms with Crippen molar-refractivity contribution in [3.63, 3.8) is 0 Å². The van der Waals surface area contributed by atoms with E-state index in [1.807, 2.05) is 0 Å². The van der Waals surface area contributed by atoms with Gasteiger partial charge in [-0.15, -0.1) is 0 Å². The van der Waals surface area contributed by atoms with Gasteiger partial charge in [0.05, 0.1) is 12.2 Å². The van der Waals surface area contributed by atoms with E-state index in [-0.39, 0.29) is 5.56 Å². The molecule has 5 nitrogen and oxygen atoms in total. The molecule has 0 atom stereocenters. The Hall–Kier alpha value is -1.66. The standard InChI is InChI=1S/C18H28FN3O2/c1-24-12-11-22-18(23)16-5-4-15(13-17(16)19)21-8-2-3-14-6-9-20-10-7-14/h4-5,13-14,20-21H,2-3,6-12H2,1H3,(H,22,23). The predicted molar refractivity (Wildman–Crippen MR) is 93.9 cm³/mol. The Morgan fingerprint density at radius 1 is 1.33 bits per heavy atom. The molecule has 0 spiro atoms. The zero-order valence-corrected chi connectivity index (χ0v) is 14.4. The Morgan fingerprint density at radius 2 is 2.12 bits per heavy atom. The van der Waals surface area contributed by atoms with Gasteiger partial charge in [-0.3, -0.25) is 4.79 Å². The molecule has 134 valence electrons. The van der Waals surface area contributed by atoms with Crippen molar-refractivity contribution in [3.05, 3.63) is 29.6 Å². The third-order valence-electron chi connectivity index (χ3n) is 4.38. The van der Waals surface area contributed by atoms with E-state index in [0.29, 0.717) is 18.8 Å². The Kier molecular flexibility index (Phi) is 7.98. The number of benzene rings is 1. The molecule has 3 N–H and O–H groups in total. The lowest BCUT2D eigenvalue weighted by Crippen LogP contribution is -2.28. The summed E-state index contributed by atoms with van der Waals surface area (Å²) in [6.07, 6.45) is 4.78. The lowest BCUT2D eigenvalue weighted by atomic mass is 9.93. The smallest absolute Gasteiger partial charge is 0.254 e. The highest BCUT2D eigenvalue weighted by Gasteiger charge is 2.13. The summed E-state index contributed by atoms with van der Waals surface area (Å²) in [4.78, 5) is 11.9. The first-order chi connectivity index (χ1) is 11.7. The van der Waals surface area contributed by atoms with Crippen LogP contribution in [0.2, 0.25) is 0 Å². The maximum atomic E-state index is 14.1. The topological polar surface area (TPSA) is 62.4 Å². The number of amides is 1. The molecule has 1 amide bonds. The molecule has 0 radical (unpaired) electrons. The molecule has 1 aromatic carbocycles. The minimum Gasteiger partial charge on any atom is -0.385 e. The molecule has 1 heterocycles. The van der Waals surface area contributed by atoms with E-state index in [1.54, 1.807) is 13.2 Å². The van der Waals surface area contributed by atoms with Gasteiger partial charge in [0.15, 0.2) is 0 Å². The number of carbonyl (C=O) groups excluding carboxylic acids is 1. The van der Waals surface area contributed by atoms with Crippen LogP contribution >= 0.6 is 0 Å². The molecule has 1 aliphatic heterocycles. The van der Waals surface area contributed by atoms with E-state index in [9.17, 15) is 9.18 Å². The van der Waals surface area contributed by atoms with Crippen LogP contribution in [0, 0.1) is 11.7 Å². The average molecular weight is 337 g/mol. The molecule has 0 aromatic heterocycles. The molecule has 0 bridgehead atoms. The fourth-order valence-corrected chi connectivity index (χ4v) is 2.96. The van der Waals surface area contributed by atoms with Crippen LogP contribution in [0.3, 0.4) is 0 Å². The number of carbonyl (C=O) groups is 1. The lowest BCUT2D eigenvalue weighted by molar-refractivity contribution is 0.0933. The summed E-state index contributed by atoms with van der Waals surface area (Å²) < 4.78 is 18.9. The van der Waals surface area contributed by atoms with Crippen molar-refractivity contribution in [3.8, 4) is 0 Å². The summed E-state index contributed by atoms with van der Waals surface area (Å²) in [7, 11) is 1.55. The van der Waals surface area contributed by atoms with Gasteiger partial charge >= 0.3 is 0 Å². The molecule has 1 saturated heterocycles. The first-order valence-electron chi connectivity index (χ1n) is 8.72. The van der Waals surface area contributed by atoms with Crippen molar-refractivity contribution in [1.29, 1.82) is 0 Å². The third-order valence-corrected chi connectivity index (χ3v) is 4.38. The minimum atomic E-state index is -0.506. The van der Waals surface area contributed by atoms with Gasteiger partial charge in [-0.2, -0.15) is 0 Å². The van der Waals surface area contributed by atoms with Gasteiger partial charge in [0.2, 0.25) is 0 Å². The largest absolute Gasteiger partial charge is 0.385 e. The molecule has 1 fully saturated rings. The van der Waals surface area contributed by atoms with Crippen molar-refractivity contribution in [2.75, 3.05) is 45.2 Å². The van der Waals surface area contributed by atoms with Crippen molar-refractivity contribution in [2.45, 2.75) is 25.7 Å². The van der Waals surface area contributed by atoms with Crippen molar-refractivity contribution in [1.82, 2.24) is 10.6 Å². The number of rotatable bonds is 9. The average Bonchev–Trinajstić information content (AvgIpc) is 2.60. The number of halogens is 1. The van der Waals surface area contributed by atoms with Crippen LogP contribution in [0.5, 0.6) is 0 Å². The van der Waals surface area contributed by atoms with E-state index in [4.69, 9.17) is 4.74 Å². The number of anilines is 1. The Morgan fingerprint density at radius 3 is 2.83 bits per heavy atom. The SMILES string of the molecule is COCCNC(=O)c1ccc(NCCCC2CCNCC2)cc1F. The van der Waals surface area contributed by atoms with E-state index in [0.717, 1.165) is 32.0 Å². The summed E-state index contributed by atoms with van der Waals surface area (Å²) in [5.41, 5.74) is 0.776. The van der Waals surface area contributed by atoms with Gasteiger partial charge in [0, 0.05) is 25.9 Å². The number of hydrogen-bond donors (Lipinski definition) is 3.